The predicted octanol–water partition coefficient (Wildman–Crippen LogP) is 0.304. The summed E-state index contributed by atoms with van der Waals surface area (Å²) in [5.41, 5.74) is 10.4. The Kier molecular flexibility index (Phi) is 3.51. The molecule has 0 unspecified atom stereocenters. The van der Waals surface area contributed by atoms with Gasteiger partial charge in [-0.2, -0.15) is 9.98 Å². The van der Waals surface area contributed by atoms with Gasteiger partial charge in [0.05, 0.1) is 5.25 Å². The molecule has 0 radical (unpaired) electrons. The molecule has 5 nitrogen and oxygen atoms in total. The first-order valence-electron chi connectivity index (χ1n) is 4.38. The number of nitrogens with zero attached hydrogens (tertiary/aromatic N) is 2. The molecule has 0 aromatic carbocycles. The maximum atomic E-state index is 11.3. The molecule has 0 bridgehead atoms. The van der Waals surface area contributed by atoms with Crippen molar-refractivity contribution in [1.82, 2.24) is 0 Å². The van der Waals surface area contributed by atoms with Crippen LogP contribution in [0.1, 0.15) is 20.3 Å². The minimum atomic E-state index is -0.135. The van der Waals surface area contributed by atoms with Gasteiger partial charge in [-0.3, -0.25) is 4.79 Å². The number of hydrogen-bond donors (Lipinski definition) is 2. The van der Waals surface area contributed by atoms with E-state index in [1.54, 1.807) is 0 Å². The van der Waals surface area contributed by atoms with Crippen molar-refractivity contribution >= 4 is 28.8 Å². The summed E-state index contributed by atoms with van der Waals surface area (Å²) >= 11 is 1.33. The van der Waals surface area contributed by atoms with Crippen molar-refractivity contribution in [2.45, 2.75) is 25.5 Å². The zero-order valence-electron chi connectivity index (χ0n) is 8.23. The minimum Gasteiger partial charge on any atom is -0.370 e. The minimum absolute atomic E-state index is 0.0609. The molecule has 14 heavy (non-hydrogen) atoms. The summed E-state index contributed by atoms with van der Waals surface area (Å²) < 4.78 is 0. The highest BCUT2D eigenvalue weighted by Gasteiger charge is 2.28. The van der Waals surface area contributed by atoms with Gasteiger partial charge in [-0.05, 0) is 12.3 Å². The summed E-state index contributed by atoms with van der Waals surface area (Å²) in [6.45, 7) is 4.12. The average molecular weight is 214 g/mol. The van der Waals surface area contributed by atoms with E-state index in [0.717, 1.165) is 6.42 Å². The molecular weight excluding hydrogens is 200 g/mol. The van der Waals surface area contributed by atoms with E-state index in [2.05, 4.69) is 23.8 Å². The van der Waals surface area contributed by atoms with Gasteiger partial charge < -0.3 is 11.5 Å². The second kappa shape index (κ2) is 4.45. The van der Waals surface area contributed by atoms with Crippen LogP contribution in [0.5, 0.6) is 0 Å². The van der Waals surface area contributed by atoms with Crippen LogP contribution in [0.2, 0.25) is 0 Å². The number of thioether (sulfide) groups is 1. The Balaban J connectivity index is 2.60. The Hall–Kier alpha value is -1.04. The molecule has 1 heterocycles. The molecule has 1 aliphatic rings. The Bertz CT molecular complexity index is 294. The van der Waals surface area contributed by atoms with E-state index in [1.165, 1.54) is 11.8 Å². The number of carbonyl (C=O) groups is 1. The van der Waals surface area contributed by atoms with Crippen LogP contribution in [-0.4, -0.2) is 22.3 Å². The van der Waals surface area contributed by atoms with Crippen LogP contribution in [-0.2, 0) is 4.79 Å². The van der Waals surface area contributed by atoms with Crippen molar-refractivity contribution in [3.63, 3.8) is 0 Å². The highest BCUT2D eigenvalue weighted by molar-refractivity contribution is 8.15. The van der Waals surface area contributed by atoms with Crippen molar-refractivity contribution in [3.8, 4) is 0 Å². The maximum Gasteiger partial charge on any atom is 0.261 e. The lowest BCUT2D eigenvalue weighted by Gasteiger charge is -2.07. The standard InChI is InChI=1S/C8H14N4OS/c1-4(2)3-5-6(13)11-8(14-5)12-7(9)10/h4-5H,3H2,1-2H3,(H4,9,10,11,12,13)/t5-/m0/s1. The van der Waals surface area contributed by atoms with Crippen LogP contribution in [0.4, 0.5) is 0 Å². The lowest BCUT2D eigenvalue weighted by atomic mass is 10.1. The molecule has 0 aromatic heterocycles. The van der Waals surface area contributed by atoms with Crippen molar-refractivity contribution in [2.75, 3.05) is 0 Å². The molecule has 4 N–H and O–H groups in total. The van der Waals surface area contributed by atoms with Gasteiger partial charge in [0.15, 0.2) is 11.1 Å². The number of rotatable bonds is 2. The van der Waals surface area contributed by atoms with Crippen LogP contribution in [0.3, 0.4) is 0 Å². The van der Waals surface area contributed by atoms with E-state index in [9.17, 15) is 4.79 Å². The van der Waals surface area contributed by atoms with Crippen LogP contribution >= 0.6 is 11.8 Å². The van der Waals surface area contributed by atoms with Gasteiger partial charge in [-0.25, -0.2) is 0 Å². The number of carbonyl (C=O) groups excluding carboxylic acids is 1. The average Bonchev–Trinajstić information content (AvgIpc) is 2.28. The highest BCUT2D eigenvalue weighted by atomic mass is 32.2. The number of nitrogens with two attached hydrogens (primary N) is 2. The first kappa shape index (κ1) is 11.0. The smallest absolute Gasteiger partial charge is 0.261 e. The number of aliphatic imine (C=N–C) groups is 2. The van der Waals surface area contributed by atoms with Crippen LogP contribution < -0.4 is 11.5 Å². The second-order valence-electron chi connectivity index (χ2n) is 3.51. The molecule has 0 fully saturated rings. The molecule has 1 atom stereocenters. The van der Waals surface area contributed by atoms with Crippen LogP contribution in [0, 0.1) is 5.92 Å². The summed E-state index contributed by atoms with van der Waals surface area (Å²) in [6.07, 6.45) is 0.802. The fourth-order valence-corrected chi connectivity index (χ4v) is 2.30. The summed E-state index contributed by atoms with van der Waals surface area (Å²) in [5, 5.41) is 0.258. The molecule has 1 aliphatic heterocycles. The van der Waals surface area contributed by atoms with Gasteiger partial charge in [0.1, 0.15) is 0 Å². The molecule has 0 aliphatic carbocycles. The Morgan fingerprint density at radius 2 is 2.29 bits per heavy atom. The van der Waals surface area contributed by atoms with E-state index < -0.39 is 0 Å². The largest absolute Gasteiger partial charge is 0.370 e. The van der Waals surface area contributed by atoms with E-state index >= 15 is 0 Å². The fraction of sp³-hybridized carbons (Fsp3) is 0.625. The van der Waals surface area contributed by atoms with Crippen LogP contribution in [0.25, 0.3) is 0 Å². The predicted molar refractivity (Wildman–Crippen MR) is 59.1 cm³/mol. The topological polar surface area (TPSA) is 93.8 Å². The van der Waals surface area contributed by atoms with Gasteiger partial charge in [0.2, 0.25) is 0 Å². The summed E-state index contributed by atoms with van der Waals surface area (Å²) in [6, 6.07) is 0. The molecule has 0 spiro atoms. The van der Waals surface area contributed by atoms with Crippen molar-refractivity contribution in [1.29, 1.82) is 0 Å². The van der Waals surface area contributed by atoms with Crippen LogP contribution in [0.15, 0.2) is 9.98 Å². The van der Waals surface area contributed by atoms with Gasteiger partial charge in [-0.15, -0.1) is 0 Å². The summed E-state index contributed by atoms with van der Waals surface area (Å²) in [5.74, 6) is 0.267. The first-order chi connectivity index (χ1) is 6.49. The molecule has 78 valence electrons. The third-order valence-electron chi connectivity index (χ3n) is 1.64. The van der Waals surface area contributed by atoms with Gasteiger partial charge in [0, 0.05) is 0 Å². The fourth-order valence-electron chi connectivity index (χ4n) is 1.11. The molecule has 1 amide bonds. The Morgan fingerprint density at radius 3 is 2.79 bits per heavy atom. The van der Waals surface area contributed by atoms with Crippen molar-refractivity contribution in [2.24, 2.45) is 27.4 Å². The monoisotopic (exact) mass is 214 g/mol. The van der Waals surface area contributed by atoms with Gasteiger partial charge in [-0.1, -0.05) is 25.6 Å². The van der Waals surface area contributed by atoms with Crippen molar-refractivity contribution < 1.29 is 4.79 Å². The maximum absolute atomic E-state index is 11.3. The third-order valence-corrected chi connectivity index (χ3v) is 2.71. The SMILES string of the molecule is CC(C)C[C@@H]1SC(N=C(N)N)=NC1=O. The quantitative estimate of drug-likeness (QED) is 0.510. The molecule has 0 saturated carbocycles. The zero-order chi connectivity index (χ0) is 10.7. The summed E-state index contributed by atoms with van der Waals surface area (Å²) in [4.78, 5) is 18.8. The van der Waals surface area contributed by atoms with E-state index in [-0.39, 0.29) is 17.1 Å². The molecular formula is C8H14N4OS. The van der Waals surface area contributed by atoms with Gasteiger partial charge in [0.25, 0.3) is 5.91 Å². The van der Waals surface area contributed by atoms with Crippen molar-refractivity contribution in [3.05, 3.63) is 0 Å². The molecule has 1 rings (SSSR count). The molecule has 0 aromatic rings. The lowest BCUT2D eigenvalue weighted by Crippen LogP contribution is -2.23. The van der Waals surface area contributed by atoms with E-state index in [4.69, 9.17) is 11.5 Å². The zero-order valence-corrected chi connectivity index (χ0v) is 9.04. The van der Waals surface area contributed by atoms with E-state index in [0.29, 0.717) is 11.1 Å². The molecule has 6 heteroatoms. The van der Waals surface area contributed by atoms with Gasteiger partial charge >= 0.3 is 0 Å². The molecule has 0 saturated heterocycles. The third kappa shape index (κ3) is 3.02. The number of guanidine groups is 1. The number of amides is 1. The summed E-state index contributed by atoms with van der Waals surface area (Å²) in [7, 11) is 0. The highest BCUT2D eigenvalue weighted by Crippen LogP contribution is 2.28. The Labute approximate surface area is 87.0 Å². The number of hydrogen-bond acceptors (Lipinski definition) is 3. The second-order valence-corrected chi connectivity index (χ2v) is 4.68. The van der Waals surface area contributed by atoms with E-state index in [1.807, 2.05) is 0 Å². The normalized spacial score (nSPS) is 21.2. The lowest BCUT2D eigenvalue weighted by molar-refractivity contribution is -0.117. The Morgan fingerprint density at radius 1 is 1.64 bits per heavy atom. The number of amidine groups is 1. The first-order valence-corrected chi connectivity index (χ1v) is 5.26.